The van der Waals surface area contributed by atoms with E-state index in [-0.39, 0.29) is 10.8 Å². The van der Waals surface area contributed by atoms with Gasteiger partial charge in [0, 0.05) is 23.9 Å². The van der Waals surface area contributed by atoms with Crippen LogP contribution in [0.15, 0.2) is 35.0 Å². The molecule has 2 aliphatic rings. The molecule has 1 aliphatic carbocycles. The van der Waals surface area contributed by atoms with Crippen molar-refractivity contribution in [3.63, 3.8) is 0 Å². The van der Waals surface area contributed by atoms with E-state index in [2.05, 4.69) is 70.7 Å². The normalized spacial score (nSPS) is 22.4. The minimum atomic E-state index is 0.230. The number of unbranched alkanes of at least 4 members (excludes halogenated alkanes) is 1. The minimum absolute atomic E-state index is 0.230. The number of nitrogens with zero attached hydrogens (tertiary/aromatic N) is 2. The Labute approximate surface area is 190 Å². The summed E-state index contributed by atoms with van der Waals surface area (Å²) in [6.07, 6.45) is 9.09. The van der Waals surface area contributed by atoms with Gasteiger partial charge in [0.1, 0.15) is 0 Å². The molecule has 0 saturated carbocycles. The molecular formula is C28H44N2O. The Morgan fingerprint density at radius 1 is 1.06 bits per heavy atom. The second-order valence-corrected chi connectivity index (χ2v) is 11.0. The zero-order chi connectivity index (χ0) is 22.6. The number of allylic oxidation sites excluding steroid dienone is 2. The van der Waals surface area contributed by atoms with Crippen molar-refractivity contribution in [1.82, 2.24) is 4.90 Å². The first-order valence-electron chi connectivity index (χ1n) is 12.4. The SMILES string of the molecule is C/C=C(\N=C(C)c1ccc2c(c1)C(C)(C)CCC2(C)C)C1CCN(CCCCO)CC1. The van der Waals surface area contributed by atoms with Gasteiger partial charge < -0.3 is 10.0 Å². The van der Waals surface area contributed by atoms with Crippen LogP contribution in [0.4, 0.5) is 0 Å². The summed E-state index contributed by atoms with van der Waals surface area (Å²) >= 11 is 0. The average molecular weight is 425 g/mol. The standard InChI is InChI=1S/C28H44N2O/c1-7-26(22-12-17-30(18-13-22)16-8-9-19-31)29-21(2)23-10-11-24-25(20-23)28(5,6)15-14-27(24,3)4/h7,10-11,20,22,31H,8-9,12-19H2,1-6H3/b26-7-,29-21?. The zero-order valence-electron chi connectivity index (χ0n) is 20.8. The Balaban J connectivity index is 1.73. The molecule has 0 unspecified atom stereocenters. The Morgan fingerprint density at radius 3 is 2.32 bits per heavy atom. The van der Waals surface area contributed by atoms with Gasteiger partial charge in [0.05, 0.1) is 0 Å². The second-order valence-electron chi connectivity index (χ2n) is 11.0. The molecule has 1 aliphatic heterocycles. The summed E-state index contributed by atoms with van der Waals surface area (Å²) in [7, 11) is 0. The molecule has 1 aromatic rings. The number of aliphatic imine (C=N–C) groups is 1. The van der Waals surface area contributed by atoms with Crippen molar-refractivity contribution in [3.05, 3.63) is 46.7 Å². The van der Waals surface area contributed by atoms with Crippen molar-refractivity contribution in [2.75, 3.05) is 26.2 Å². The smallest absolute Gasteiger partial charge is 0.0448 e. The maximum Gasteiger partial charge on any atom is 0.0448 e. The largest absolute Gasteiger partial charge is 0.396 e. The summed E-state index contributed by atoms with van der Waals surface area (Å²) in [6.45, 7) is 17.6. The molecular weight excluding hydrogens is 380 g/mol. The zero-order valence-corrected chi connectivity index (χ0v) is 20.8. The molecule has 1 heterocycles. The molecule has 3 rings (SSSR count). The van der Waals surface area contributed by atoms with Crippen molar-refractivity contribution in [3.8, 4) is 0 Å². The molecule has 0 atom stereocenters. The molecule has 0 bridgehead atoms. The van der Waals surface area contributed by atoms with Crippen LogP contribution in [0.2, 0.25) is 0 Å². The number of hydrogen-bond donors (Lipinski definition) is 1. The lowest BCUT2D eigenvalue weighted by Gasteiger charge is -2.42. The predicted molar refractivity (Wildman–Crippen MR) is 133 cm³/mol. The fourth-order valence-corrected chi connectivity index (χ4v) is 5.36. The topological polar surface area (TPSA) is 35.8 Å². The van der Waals surface area contributed by atoms with Crippen LogP contribution in [0.5, 0.6) is 0 Å². The van der Waals surface area contributed by atoms with Gasteiger partial charge in [-0.25, -0.2) is 0 Å². The van der Waals surface area contributed by atoms with Gasteiger partial charge in [-0.1, -0.05) is 45.9 Å². The average Bonchev–Trinajstić information content (AvgIpc) is 2.76. The number of hydrogen-bond acceptors (Lipinski definition) is 3. The van der Waals surface area contributed by atoms with E-state index in [1.807, 2.05) is 0 Å². The summed E-state index contributed by atoms with van der Waals surface area (Å²) in [5.74, 6) is 0.557. The van der Waals surface area contributed by atoms with E-state index in [9.17, 15) is 0 Å². The lowest BCUT2D eigenvalue weighted by atomic mass is 9.63. The maximum atomic E-state index is 9.00. The van der Waals surface area contributed by atoms with Crippen LogP contribution >= 0.6 is 0 Å². The van der Waals surface area contributed by atoms with E-state index >= 15 is 0 Å². The molecule has 0 amide bonds. The first-order valence-corrected chi connectivity index (χ1v) is 12.4. The lowest BCUT2D eigenvalue weighted by Crippen LogP contribution is -2.35. The van der Waals surface area contributed by atoms with Crippen LogP contribution in [-0.4, -0.2) is 42.0 Å². The quantitative estimate of drug-likeness (QED) is 0.416. The number of rotatable bonds is 7. The van der Waals surface area contributed by atoms with Crippen molar-refractivity contribution in [2.24, 2.45) is 10.9 Å². The van der Waals surface area contributed by atoms with Crippen LogP contribution in [0.1, 0.15) is 96.8 Å². The highest BCUT2D eigenvalue weighted by molar-refractivity contribution is 5.99. The highest BCUT2D eigenvalue weighted by Gasteiger charge is 2.37. The highest BCUT2D eigenvalue weighted by Crippen LogP contribution is 2.46. The maximum absolute atomic E-state index is 9.00. The fraction of sp³-hybridized carbons (Fsp3) is 0.679. The van der Waals surface area contributed by atoms with Crippen molar-refractivity contribution >= 4 is 5.71 Å². The van der Waals surface area contributed by atoms with Crippen LogP contribution in [-0.2, 0) is 10.8 Å². The first-order chi connectivity index (χ1) is 14.7. The fourth-order valence-electron chi connectivity index (χ4n) is 5.36. The molecule has 0 spiro atoms. The van der Waals surface area contributed by atoms with E-state index in [4.69, 9.17) is 10.1 Å². The molecule has 1 N–H and O–H groups in total. The molecule has 1 fully saturated rings. The molecule has 172 valence electrons. The monoisotopic (exact) mass is 424 g/mol. The summed E-state index contributed by atoms with van der Waals surface area (Å²) < 4.78 is 0. The van der Waals surface area contributed by atoms with E-state index in [0.717, 1.165) is 38.2 Å². The summed E-state index contributed by atoms with van der Waals surface area (Å²) in [5.41, 5.74) is 7.17. The van der Waals surface area contributed by atoms with Gasteiger partial charge in [0.2, 0.25) is 0 Å². The number of piperidine rings is 1. The van der Waals surface area contributed by atoms with Gasteiger partial charge in [0.25, 0.3) is 0 Å². The Morgan fingerprint density at radius 2 is 1.71 bits per heavy atom. The van der Waals surface area contributed by atoms with E-state index in [0.29, 0.717) is 12.5 Å². The molecule has 31 heavy (non-hydrogen) atoms. The Bertz CT molecular complexity index is 810. The molecule has 0 aromatic heterocycles. The van der Waals surface area contributed by atoms with Gasteiger partial charge in [0.15, 0.2) is 0 Å². The Hall–Kier alpha value is -1.45. The number of likely N-dealkylation sites (tertiary alicyclic amines) is 1. The third-order valence-corrected chi connectivity index (χ3v) is 7.75. The van der Waals surface area contributed by atoms with Crippen LogP contribution in [0.3, 0.4) is 0 Å². The summed E-state index contributed by atoms with van der Waals surface area (Å²) in [6, 6.07) is 7.08. The van der Waals surface area contributed by atoms with Crippen LogP contribution < -0.4 is 0 Å². The highest BCUT2D eigenvalue weighted by atomic mass is 16.2. The second kappa shape index (κ2) is 10.0. The minimum Gasteiger partial charge on any atom is -0.396 e. The number of aliphatic hydroxyl groups is 1. The third kappa shape index (κ3) is 5.68. The summed E-state index contributed by atoms with van der Waals surface area (Å²) in [4.78, 5) is 7.69. The Kier molecular flexibility index (Phi) is 7.81. The first kappa shape index (κ1) is 24.2. The van der Waals surface area contributed by atoms with Gasteiger partial charge in [-0.05, 0) is 106 Å². The van der Waals surface area contributed by atoms with Gasteiger partial charge in [-0.3, -0.25) is 4.99 Å². The number of benzene rings is 1. The van der Waals surface area contributed by atoms with E-state index < -0.39 is 0 Å². The van der Waals surface area contributed by atoms with Crippen LogP contribution in [0.25, 0.3) is 0 Å². The van der Waals surface area contributed by atoms with E-state index in [1.54, 1.807) is 0 Å². The predicted octanol–water partition coefficient (Wildman–Crippen LogP) is 6.23. The van der Waals surface area contributed by atoms with Gasteiger partial charge in [-0.2, -0.15) is 0 Å². The van der Waals surface area contributed by atoms with Crippen molar-refractivity contribution < 1.29 is 5.11 Å². The molecule has 0 radical (unpaired) electrons. The van der Waals surface area contributed by atoms with Crippen molar-refractivity contribution in [2.45, 2.75) is 90.9 Å². The number of fused-ring (bicyclic) bond motifs is 1. The number of aliphatic hydroxyl groups excluding tert-OH is 1. The molecule has 1 saturated heterocycles. The third-order valence-electron chi connectivity index (χ3n) is 7.75. The van der Waals surface area contributed by atoms with E-state index in [1.165, 1.54) is 48.1 Å². The van der Waals surface area contributed by atoms with Gasteiger partial charge >= 0.3 is 0 Å². The van der Waals surface area contributed by atoms with Gasteiger partial charge in [-0.15, -0.1) is 0 Å². The van der Waals surface area contributed by atoms with Crippen LogP contribution in [0, 0.1) is 5.92 Å². The summed E-state index contributed by atoms with van der Waals surface area (Å²) in [5, 5.41) is 9.00. The molecule has 3 heteroatoms. The van der Waals surface area contributed by atoms with Crippen molar-refractivity contribution in [1.29, 1.82) is 0 Å². The lowest BCUT2D eigenvalue weighted by molar-refractivity contribution is 0.188. The molecule has 3 nitrogen and oxygen atoms in total. The molecule has 1 aromatic carbocycles.